The molecule has 3 rings (SSSR count). The fraction of sp³-hybridized carbons (Fsp3) is 0.500. The lowest BCUT2D eigenvalue weighted by Crippen LogP contribution is -2.47. The van der Waals surface area contributed by atoms with Crippen molar-refractivity contribution >= 4 is 17.4 Å². The van der Waals surface area contributed by atoms with E-state index in [-0.39, 0.29) is 10.6 Å². The van der Waals surface area contributed by atoms with Gasteiger partial charge in [0.2, 0.25) is 0 Å². The summed E-state index contributed by atoms with van der Waals surface area (Å²) in [4.78, 5) is 28.2. The van der Waals surface area contributed by atoms with Gasteiger partial charge in [0.25, 0.3) is 5.56 Å². The highest BCUT2D eigenvalue weighted by Gasteiger charge is 2.22. The number of nitrogens with zero attached hydrogens (tertiary/aromatic N) is 4. The minimum Gasteiger partial charge on any atom is -0.353 e. The van der Waals surface area contributed by atoms with Gasteiger partial charge in [0, 0.05) is 44.1 Å². The molecule has 2 aromatic rings. The number of H-pyrrole nitrogens is 1. The van der Waals surface area contributed by atoms with E-state index in [4.69, 9.17) is 11.6 Å². The van der Waals surface area contributed by atoms with Gasteiger partial charge < -0.3 is 9.88 Å². The van der Waals surface area contributed by atoms with Crippen LogP contribution in [-0.2, 0) is 0 Å². The first-order valence-corrected chi connectivity index (χ1v) is 9.10. The summed E-state index contributed by atoms with van der Waals surface area (Å²) < 4.78 is 0. The largest absolute Gasteiger partial charge is 0.353 e. The SMILES string of the molecule is CC(C)CCN1CCN(c2nc(-c3ccncc3)[nH]c(=O)c2Cl)CC1. The van der Waals surface area contributed by atoms with E-state index in [0.717, 1.165) is 38.3 Å². The van der Waals surface area contributed by atoms with Crippen LogP contribution in [0.3, 0.4) is 0 Å². The Balaban J connectivity index is 1.77. The fourth-order valence-corrected chi connectivity index (χ4v) is 3.14. The molecule has 7 heteroatoms. The van der Waals surface area contributed by atoms with Crippen LogP contribution in [0.25, 0.3) is 11.4 Å². The number of hydrogen-bond donors (Lipinski definition) is 1. The Labute approximate surface area is 152 Å². The van der Waals surface area contributed by atoms with E-state index in [0.29, 0.717) is 17.6 Å². The zero-order valence-electron chi connectivity index (χ0n) is 14.7. The van der Waals surface area contributed by atoms with E-state index in [1.165, 1.54) is 6.42 Å². The quantitative estimate of drug-likeness (QED) is 0.886. The number of anilines is 1. The topological polar surface area (TPSA) is 65.1 Å². The maximum atomic E-state index is 12.2. The summed E-state index contributed by atoms with van der Waals surface area (Å²) in [6.07, 6.45) is 4.56. The van der Waals surface area contributed by atoms with E-state index < -0.39 is 0 Å². The average Bonchev–Trinajstić information content (AvgIpc) is 2.63. The number of pyridine rings is 1. The zero-order valence-corrected chi connectivity index (χ0v) is 15.5. The molecule has 1 aliphatic heterocycles. The molecule has 0 spiro atoms. The van der Waals surface area contributed by atoms with Crippen LogP contribution in [0.2, 0.25) is 5.02 Å². The molecule has 0 bridgehead atoms. The van der Waals surface area contributed by atoms with Gasteiger partial charge >= 0.3 is 0 Å². The molecule has 6 nitrogen and oxygen atoms in total. The van der Waals surface area contributed by atoms with Gasteiger partial charge in [-0.1, -0.05) is 25.4 Å². The average molecular weight is 362 g/mol. The third-order valence-electron chi connectivity index (χ3n) is 4.49. The van der Waals surface area contributed by atoms with Gasteiger partial charge in [0.1, 0.15) is 10.8 Å². The maximum absolute atomic E-state index is 12.2. The number of nitrogens with one attached hydrogen (secondary N) is 1. The summed E-state index contributed by atoms with van der Waals surface area (Å²) in [7, 11) is 0. The highest BCUT2D eigenvalue weighted by atomic mass is 35.5. The number of aromatic amines is 1. The van der Waals surface area contributed by atoms with E-state index in [2.05, 4.69) is 38.6 Å². The van der Waals surface area contributed by atoms with Crippen molar-refractivity contribution in [2.45, 2.75) is 20.3 Å². The number of piperazine rings is 1. The van der Waals surface area contributed by atoms with Crippen LogP contribution in [-0.4, -0.2) is 52.6 Å². The maximum Gasteiger partial charge on any atom is 0.272 e. The summed E-state index contributed by atoms with van der Waals surface area (Å²) in [6.45, 7) is 9.18. The van der Waals surface area contributed by atoms with Crippen molar-refractivity contribution in [2.75, 3.05) is 37.6 Å². The summed E-state index contributed by atoms with van der Waals surface area (Å²) in [5.41, 5.74) is 0.515. The van der Waals surface area contributed by atoms with E-state index in [1.807, 2.05) is 12.1 Å². The minimum absolute atomic E-state index is 0.161. The van der Waals surface area contributed by atoms with Crippen LogP contribution in [0.5, 0.6) is 0 Å². The van der Waals surface area contributed by atoms with Crippen LogP contribution in [0.1, 0.15) is 20.3 Å². The van der Waals surface area contributed by atoms with Gasteiger partial charge in [0.15, 0.2) is 5.82 Å². The molecule has 2 aromatic heterocycles. The number of halogens is 1. The minimum atomic E-state index is -0.305. The predicted molar refractivity (Wildman–Crippen MR) is 101 cm³/mol. The molecule has 0 aliphatic carbocycles. The molecule has 0 radical (unpaired) electrons. The molecule has 0 aromatic carbocycles. The molecule has 1 fully saturated rings. The monoisotopic (exact) mass is 361 g/mol. The Morgan fingerprint density at radius 2 is 1.88 bits per heavy atom. The molecule has 3 heterocycles. The number of hydrogen-bond acceptors (Lipinski definition) is 5. The molecule has 1 aliphatic rings. The Morgan fingerprint density at radius 1 is 1.20 bits per heavy atom. The van der Waals surface area contributed by atoms with Gasteiger partial charge in [-0.15, -0.1) is 0 Å². The first-order valence-electron chi connectivity index (χ1n) is 8.72. The molecular weight excluding hydrogens is 338 g/mol. The molecule has 0 atom stereocenters. The van der Waals surface area contributed by atoms with Crippen LogP contribution in [0.15, 0.2) is 29.3 Å². The highest BCUT2D eigenvalue weighted by molar-refractivity contribution is 6.32. The molecule has 25 heavy (non-hydrogen) atoms. The lowest BCUT2D eigenvalue weighted by molar-refractivity contribution is 0.243. The van der Waals surface area contributed by atoms with Gasteiger partial charge in [-0.2, -0.15) is 0 Å². The van der Waals surface area contributed by atoms with Gasteiger partial charge in [-0.3, -0.25) is 14.7 Å². The van der Waals surface area contributed by atoms with Crippen molar-refractivity contribution in [1.29, 1.82) is 0 Å². The second-order valence-corrected chi connectivity index (χ2v) is 7.18. The van der Waals surface area contributed by atoms with Crippen molar-refractivity contribution in [1.82, 2.24) is 19.9 Å². The van der Waals surface area contributed by atoms with Crippen molar-refractivity contribution in [2.24, 2.45) is 5.92 Å². The van der Waals surface area contributed by atoms with E-state index >= 15 is 0 Å². The van der Waals surface area contributed by atoms with Crippen molar-refractivity contribution in [3.05, 3.63) is 39.9 Å². The highest BCUT2D eigenvalue weighted by Crippen LogP contribution is 2.24. The zero-order chi connectivity index (χ0) is 17.8. The van der Waals surface area contributed by atoms with Crippen LogP contribution in [0.4, 0.5) is 5.82 Å². The third-order valence-corrected chi connectivity index (χ3v) is 4.83. The van der Waals surface area contributed by atoms with Crippen molar-refractivity contribution in [3.63, 3.8) is 0 Å². The van der Waals surface area contributed by atoms with Gasteiger partial charge in [0.05, 0.1) is 0 Å². The second-order valence-electron chi connectivity index (χ2n) is 6.80. The van der Waals surface area contributed by atoms with Crippen LogP contribution < -0.4 is 10.5 Å². The van der Waals surface area contributed by atoms with Gasteiger partial charge in [-0.25, -0.2) is 4.98 Å². The fourth-order valence-electron chi connectivity index (χ4n) is 2.93. The molecule has 1 saturated heterocycles. The standard InChI is InChI=1S/C18H24ClN5O/c1-13(2)5-8-23-9-11-24(12-10-23)17-15(19)18(25)22-16(21-17)14-3-6-20-7-4-14/h3-4,6-7,13H,5,8-12H2,1-2H3,(H,21,22,25). The summed E-state index contributed by atoms with van der Waals surface area (Å²) in [5.74, 6) is 1.81. The lowest BCUT2D eigenvalue weighted by Gasteiger charge is -2.36. The summed E-state index contributed by atoms with van der Waals surface area (Å²) in [6, 6.07) is 3.64. The Bertz CT molecular complexity index is 754. The second kappa shape index (κ2) is 7.97. The summed E-state index contributed by atoms with van der Waals surface area (Å²) in [5, 5.41) is 0.161. The lowest BCUT2D eigenvalue weighted by atomic mass is 10.1. The van der Waals surface area contributed by atoms with Crippen molar-refractivity contribution in [3.8, 4) is 11.4 Å². The van der Waals surface area contributed by atoms with Crippen LogP contribution in [0, 0.1) is 5.92 Å². The third kappa shape index (κ3) is 4.38. The van der Waals surface area contributed by atoms with E-state index in [9.17, 15) is 4.79 Å². The Hall–Kier alpha value is -1.92. The predicted octanol–water partition coefficient (Wildman–Crippen LogP) is 2.65. The Morgan fingerprint density at radius 3 is 2.52 bits per heavy atom. The Kier molecular flexibility index (Phi) is 5.71. The molecule has 134 valence electrons. The molecule has 0 amide bonds. The van der Waals surface area contributed by atoms with Crippen LogP contribution >= 0.6 is 11.6 Å². The summed E-state index contributed by atoms with van der Waals surface area (Å²) >= 11 is 6.25. The molecule has 0 unspecified atom stereocenters. The molecule has 0 saturated carbocycles. The number of aromatic nitrogens is 3. The van der Waals surface area contributed by atoms with Gasteiger partial charge in [-0.05, 0) is 31.0 Å². The smallest absolute Gasteiger partial charge is 0.272 e. The van der Waals surface area contributed by atoms with E-state index in [1.54, 1.807) is 12.4 Å². The first-order chi connectivity index (χ1) is 12.0. The molecular formula is C18H24ClN5O. The molecule has 1 N–H and O–H groups in total. The first kappa shape index (κ1) is 17.9. The normalized spacial score (nSPS) is 15.8. The number of rotatable bonds is 5. The van der Waals surface area contributed by atoms with Crippen molar-refractivity contribution < 1.29 is 0 Å².